The van der Waals surface area contributed by atoms with Crippen LogP contribution in [0.5, 0.6) is 0 Å². The Morgan fingerprint density at radius 2 is 1.67 bits per heavy atom. The second-order valence-corrected chi connectivity index (χ2v) is 5.04. The molecule has 1 aliphatic carbocycles. The molecule has 2 atom stereocenters. The Morgan fingerprint density at radius 3 is 2.06 bits per heavy atom. The van der Waals surface area contributed by atoms with Gasteiger partial charge in [0.25, 0.3) is 0 Å². The summed E-state index contributed by atoms with van der Waals surface area (Å²) in [6.07, 6.45) is 1.49. The van der Waals surface area contributed by atoms with Gasteiger partial charge in [0, 0.05) is 5.41 Å². The fourth-order valence-electron chi connectivity index (χ4n) is 3.22. The molecule has 0 saturated heterocycles. The Kier molecular flexibility index (Phi) is 3.41. The van der Waals surface area contributed by atoms with E-state index in [0.29, 0.717) is 12.0 Å². The molecule has 0 bridgehead atoms. The highest BCUT2D eigenvalue weighted by Gasteiger charge is 2.52. The molecule has 18 heavy (non-hydrogen) atoms. The van der Waals surface area contributed by atoms with Crippen LogP contribution >= 0.6 is 0 Å². The van der Waals surface area contributed by atoms with E-state index in [4.69, 9.17) is 0 Å². The van der Waals surface area contributed by atoms with Crippen molar-refractivity contribution in [3.8, 4) is 0 Å². The van der Waals surface area contributed by atoms with Crippen molar-refractivity contribution in [3.05, 3.63) is 35.1 Å². The monoisotopic (exact) mass is 258 g/mol. The third-order valence-corrected chi connectivity index (χ3v) is 4.54. The molecular formula is C14H17F3O. The van der Waals surface area contributed by atoms with Gasteiger partial charge in [-0.1, -0.05) is 13.8 Å². The van der Waals surface area contributed by atoms with Gasteiger partial charge in [0.1, 0.15) is 0 Å². The molecule has 4 heteroatoms. The van der Waals surface area contributed by atoms with Gasteiger partial charge in [-0.2, -0.15) is 0 Å². The third-order valence-electron chi connectivity index (χ3n) is 4.54. The van der Waals surface area contributed by atoms with Crippen molar-refractivity contribution in [2.24, 2.45) is 5.41 Å². The topological polar surface area (TPSA) is 20.2 Å². The summed E-state index contributed by atoms with van der Waals surface area (Å²) in [5.41, 5.74) is 0.108. The fraction of sp³-hybridized carbons (Fsp3) is 0.571. The van der Waals surface area contributed by atoms with Crippen LogP contribution < -0.4 is 0 Å². The van der Waals surface area contributed by atoms with Crippen LogP contribution in [-0.2, 0) is 0 Å². The molecule has 2 unspecified atom stereocenters. The van der Waals surface area contributed by atoms with Crippen molar-refractivity contribution < 1.29 is 18.3 Å². The lowest BCUT2D eigenvalue weighted by molar-refractivity contribution is -0.0933. The molecule has 0 aliphatic heterocycles. The molecule has 0 aromatic heterocycles. The number of aliphatic hydroxyl groups excluding tert-OH is 1. The number of rotatable bonds is 3. The molecule has 100 valence electrons. The summed E-state index contributed by atoms with van der Waals surface area (Å²) in [5, 5.41) is 9.92. The quantitative estimate of drug-likeness (QED) is 0.818. The van der Waals surface area contributed by atoms with Crippen molar-refractivity contribution in [1.29, 1.82) is 0 Å². The number of hydrogen-bond acceptors (Lipinski definition) is 1. The van der Waals surface area contributed by atoms with E-state index in [9.17, 15) is 18.3 Å². The van der Waals surface area contributed by atoms with Crippen molar-refractivity contribution in [2.45, 2.75) is 45.1 Å². The van der Waals surface area contributed by atoms with E-state index in [1.54, 1.807) is 0 Å². The van der Waals surface area contributed by atoms with Crippen LogP contribution in [0.3, 0.4) is 0 Å². The molecule has 0 amide bonds. The van der Waals surface area contributed by atoms with E-state index < -0.39 is 23.6 Å². The van der Waals surface area contributed by atoms with Gasteiger partial charge >= 0.3 is 0 Å². The van der Waals surface area contributed by atoms with E-state index in [-0.39, 0.29) is 11.3 Å². The van der Waals surface area contributed by atoms with Crippen LogP contribution in [0.25, 0.3) is 0 Å². The predicted octanol–water partition coefficient (Wildman–Crippen LogP) is 3.76. The Balaban J connectivity index is 2.39. The Hall–Kier alpha value is -1.03. The van der Waals surface area contributed by atoms with Crippen LogP contribution in [0, 0.1) is 22.9 Å². The standard InChI is InChI=1S/C14H17F3O/c1-3-14(4-2)9(7-12(14)18)8-5-10(15)13(17)11(16)6-8/h5-6,9,12,18H,3-4,7H2,1-2H3. The molecule has 1 N–H and O–H groups in total. The second-order valence-electron chi connectivity index (χ2n) is 5.04. The number of hydrogen-bond donors (Lipinski definition) is 1. The first-order valence-electron chi connectivity index (χ1n) is 6.28. The van der Waals surface area contributed by atoms with Gasteiger partial charge in [-0.05, 0) is 42.9 Å². The summed E-state index contributed by atoms with van der Waals surface area (Å²) >= 11 is 0. The zero-order valence-electron chi connectivity index (χ0n) is 10.5. The van der Waals surface area contributed by atoms with E-state index in [0.717, 1.165) is 25.0 Å². The highest BCUT2D eigenvalue weighted by molar-refractivity contribution is 5.29. The summed E-state index contributed by atoms with van der Waals surface area (Å²) < 4.78 is 39.4. The van der Waals surface area contributed by atoms with Gasteiger partial charge in [-0.3, -0.25) is 0 Å². The van der Waals surface area contributed by atoms with Crippen molar-refractivity contribution >= 4 is 0 Å². The molecule has 0 spiro atoms. The van der Waals surface area contributed by atoms with Crippen LogP contribution in [-0.4, -0.2) is 11.2 Å². The summed E-state index contributed by atoms with van der Waals surface area (Å²) in [6, 6.07) is 2.10. The summed E-state index contributed by atoms with van der Waals surface area (Å²) in [6.45, 7) is 3.91. The van der Waals surface area contributed by atoms with Crippen molar-refractivity contribution in [1.82, 2.24) is 0 Å². The Bertz CT molecular complexity index is 431. The molecule has 1 saturated carbocycles. The van der Waals surface area contributed by atoms with Crippen LogP contribution in [0.2, 0.25) is 0 Å². The average molecular weight is 258 g/mol. The number of halogens is 3. The highest BCUT2D eigenvalue weighted by Crippen LogP contribution is 2.57. The van der Waals surface area contributed by atoms with Crippen molar-refractivity contribution in [3.63, 3.8) is 0 Å². The molecule has 1 nitrogen and oxygen atoms in total. The van der Waals surface area contributed by atoms with Crippen LogP contribution in [0.15, 0.2) is 12.1 Å². The zero-order valence-corrected chi connectivity index (χ0v) is 10.5. The summed E-state index contributed by atoms with van der Waals surface area (Å²) in [7, 11) is 0. The normalized spacial score (nSPS) is 25.9. The Morgan fingerprint density at radius 1 is 1.17 bits per heavy atom. The summed E-state index contributed by atoms with van der Waals surface area (Å²) in [4.78, 5) is 0. The molecule has 0 radical (unpaired) electrons. The molecular weight excluding hydrogens is 241 g/mol. The minimum atomic E-state index is -1.43. The van der Waals surface area contributed by atoms with Gasteiger partial charge in [-0.25, -0.2) is 13.2 Å². The highest BCUT2D eigenvalue weighted by atomic mass is 19.2. The molecule has 1 aromatic carbocycles. The minimum Gasteiger partial charge on any atom is -0.393 e. The van der Waals surface area contributed by atoms with Gasteiger partial charge in [0.2, 0.25) is 0 Å². The van der Waals surface area contributed by atoms with Gasteiger partial charge in [-0.15, -0.1) is 0 Å². The molecule has 0 heterocycles. The Labute approximate surface area is 105 Å². The largest absolute Gasteiger partial charge is 0.393 e. The lowest BCUT2D eigenvalue weighted by Crippen LogP contribution is -2.51. The average Bonchev–Trinajstić information content (AvgIpc) is 2.34. The molecule has 1 aromatic rings. The maximum absolute atomic E-state index is 13.2. The zero-order chi connectivity index (χ0) is 13.5. The first-order valence-corrected chi connectivity index (χ1v) is 6.28. The summed E-state index contributed by atoms with van der Waals surface area (Å²) in [5.74, 6) is -3.86. The molecule has 1 aliphatic rings. The molecule has 2 rings (SSSR count). The van der Waals surface area contributed by atoms with Crippen LogP contribution in [0.4, 0.5) is 13.2 Å². The maximum atomic E-state index is 13.2. The van der Waals surface area contributed by atoms with Crippen LogP contribution in [0.1, 0.15) is 44.6 Å². The third kappa shape index (κ3) is 1.74. The fourth-order valence-corrected chi connectivity index (χ4v) is 3.22. The van der Waals surface area contributed by atoms with E-state index >= 15 is 0 Å². The first kappa shape index (κ1) is 13.4. The predicted molar refractivity (Wildman–Crippen MR) is 62.7 cm³/mol. The van der Waals surface area contributed by atoms with E-state index in [2.05, 4.69) is 0 Å². The number of benzene rings is 1. The lowest BCUT2D eigenvalue weighted by atomic mass is 9.53. The second kappa shape index (κ2) is 4.57. The number of aliphatic hydroxyl groups is 1. The lowest BCUT2D eigenvalue weighted by Gasteiger charge is -2.53. The minimum absolute atomic E-state index is 0.105. The smallest absolute Gasteiger partial charge is 0.194 e. The van der Waals surface area contributed by atoms with Gasteiger partial charge in [0.05, 0.1) is 6.10 Å². The van der Waals surface area contributed by atoms with Gasteiger partial charge in [0.15, 0.2) is 17.5 Å². The van der Waals surface area contributed by atoms with Gasteiger partial charge < -0.3 is 5.11 Å². The van der Waals surface area contributed by atoms with E-state index in [1.807, 2.05) is 13.8 Å². The van der Waals surface area contributed by atoms with E-state index in [1.165, 1.54) is 0 Å². The van der Waals surface area contributed by atoms with Crippen molar-refractivity contribution in [2.75, 3.05) is 0 Å². The maximum Gasteiger partial charge on any atom is 0.194 e. The molecule has 1 fully saturated rings. The SMILES string of the molecule is CCC1(CC)C(O)CC1c1cc(F)c(F)c(F)c1. The first-order chi connectivity index (χ1) is 8.46.